The van der Waals surface area contributed by atoms with E-state index in [-0.39, 0.29) is 5.78 Å². The minimum Gasteiger partial charge on any atom is -0.496 e. The van der Waals surface area contributed by atoms with Gasteiger partial charge in [0.15, 0.2) is 5.78 Å². The van der Waals surface area contributed by atoms with Crippen LogP contribution in [-0.2, 0) is 6.42 Å². The first-order chi connectivity index (χ1) is 9.10. The van der Waals surface area contributed by atoms with Gasteiger partial charge in [0.2, 0.25) is 0 Å². The number of ether oxygens (including phenoxy) is 1. The smallest absolute Gasteiger partial charge is 0.167 e. The van der Waals surface area contributed by atoms with Gasteiger partial charge in [-0.1, -0.05) is 0 Å². The summed E-state index contributed by atoms with van der Waals surface area (Å²) in [6.07, 6.45) is 1.93. The van der Waals surface area contributed by atoms with Gasteiger partial charge >= 0.3 is 0 Å². The Labute approximate surface area is 112 Å². The number of rotatable bonds is 4. The number of pyridine rings is 1. The second-order valence-electron chi connectivity index (χ2n) is 4.37. The highest BCUT2D eigenvalue weighted by Gasteiger charge is 2.09. The molecule has 0 amide bonds. The van der Waals surface area contributed by atoms with Gasteiger partial charge in [0.05, 0.1) is 7.11 Å². The fourth-order valence-corrected chi connectivity index (χ4v) is 1.94. The maximum atomic E-state index is 12.2. The summed E-state index contributed by atoms with van der Waals surface area (Å²) in [7, 11) is 1.61. The largest absolute Gasteiger partial charge is 0.496 e. The van der Waals surface area contributed by atoms with Gasteiger partial charge in [-0.05, 0) is 48.4 Å². The lowest BCUT2D eigenvalue weighted by molar-refractivity contribution is 0.0993. The highest BCUT2D eigenvalue weighted by atomic mass is 16.5. The van der Waals surface area contributed by atoms with Gasteiger partial charge in [-0.25, -0.2) is 4.98 Å². The normalized spacial score (nSPS) is 10.2. The Morgan fingerprint density at radius 1 is 1.32 bits per heavy atom. The van der Waals surface area contributed by atoms with Crippen LogP contribution >= 0.6 is 0 Å². The van der Waals surface area contributed by atoms with Gasteiger partial charge in [0, 0.05) is 18.2 Å². The van der Waals surface area contributed by atoms with Crippen LogP contribution in [0.25, 0.3) is 0 Å². The van der Waals surface area contributed by atoms with Crippen molar-refractivity contribution in [3.63, 3.8) is 0 Å². The fourth-order valence-electron chi connectivity index (χ4n) is 1.94. The highest BCUT2D eigenvalue weighted by molar-refractivity contribution is 5.97. The second kappa shape index (κ2) is 5.52. The Hall–Kier alpha value is -2.36. The number of hydrogen-bond donors (Lipinski definition) is 1. The minimum atomic E-state index is 0.0522. The van der Waals surface area contributed by atoms with Crippen LogP contribution in [0.4, 0.5) is 5.82 Å². The quantitative estimate of drug-likeness (QED) is 0.853. The van der Waals surface area contributed by atoms with Crippen molar-refractivity contribution < 1.29 is 9.53 Å². The molecule has 0 radical (unpaired) electrons. The number of anilines is 1. The SMILES string of the molecule is COc1ccc(C(=O)Cc2ccnc(N)c2)cc1C. The summed E-state index contributed by atoms with van der Waals surface area (Å²) in [5.41, 5.74) is 8.08. The molecule has 0 saturated carbocycles. The van der Waals surface area contributed by atoms with E-state index in [2.05, 4.69) is 4.98 Å². The lowest BCUT2D eigenvalue weighted by atomic mass is 10.0. The molecule has 1 aromatic heterocycles. The molecular formula is C15H16N2O2. The maximum Gasteiger partial charge on any atom is 0.167 e. The molecule has 0 aliphatic heterocycles. The molecule has 0 bridgehead atoms. The molecule has 2 aromatic rings. The first-order valence-electron chi connectivity index (χ1n) is 5.98. The van der Waals surface area contributed by atoms with Gasteiger partial charge in [-0.15, -0.1) is 0 Å². The van der Waals surface area contributed by atoms with Crippen molar-refractivity contribution in [2.45, 2.75) is 13.3 Å². The van der Waals surface area contributed by atoms with Crippen molar-refractivity contribution in [1.82, 2.24) is 4.98 Å². The first-order valence-corrected chi connectivity index (χ1v) is 5.98. The third kappa shape index (κ3) is 3.10. The van der Waals surface area contributed by atoms with E-state index in [4.69, 9.17) is 10.5 Å². The Kier molecular flexibility index (Phi) is 3.80. The Bertz CT molecular complexity index is 609. The molecule has 2 rings (SSSR count). The van der Waals surface area contributed by atoms with Crippen molar-refractivity contribution in [3.8, 4) is 5.75 Å². The Morgan fingerprint density at radius 2 is 2.11 bits per heavy atom. The maximum absolute atomic E-state index is 12.2. The number of benzene rings is 1. The molecule has 1 aromatic carbocycles. The molecule has 0 aliphatic rings. The molecule has 1 heterocycles. The summed E-state index contributed by atoms with van der Waals surface area (Å²) in [6, 6.07) is 8.94. The summed E-state index contributed by atoms with van der Waals surface area (Å²) in [4.78, 5) is 16.1. The van der Waals surface area contributed by atoms with E-state index in [1.165, 1.54) is 0 Å². The Morgan fingerprint density at radius 3 is 2.74 bits per heavy atom. The zero-order chi connectivity index (χ0) is 13.8. The van der Waals surface area contributed by atoms with Gasteiger partial charge in [-0.2, -0.15) is 0 Å². The monoisotopic (exact) mass is 256 g/mol. The molecule has 0 aliphatic carbocycles. The summed E-state index contributed by atoms with van der Waals surface area (Å²) < 4.78 is 5.18. The number of methoxy groups -OCH3 is 1. The third-order valence-corrected chi connectivity index (χ3v) is 2.93. The van der Waals surface area contributed by atoms with Crippen LogP contribution in [0.3, 0.4) is 0 Å². The molecule has 4 nitrogen and oxygen atoms in total. The number of carbonyl (C=O) groups excluding carboxylic acids is 1. The third-order valence-electron chi connectivity index (χ3n) is 2.93. The number of aryl methyl sites for hydroxylation is 1. The molecule has 2 N–H and O–H groups in total. The summed E-state index contributed by atoms with van der Waals surface area (Å²) in [5, 5.41) is 0. The van der Waals surface area contributed by atoms with E-state index in [0.29, 0.717) is 17.8 Å². The van der Waals surface area contributed by atoms with Gasteiger partial charge in [0.25, 0.3) is 0 Å². The number of carbonyl (C=O) groups is 1. The second-order valence-corrected chi connectivity index (χ2v) is 4.37. The summed E-state index contributed by atoms with van der Waals surface area (Å²) >= 11 is 0. The number of nitrogens with two attached hydrogens (primary N) is 1. The van der Waals surface area contributed by atoms with Crippen LogP contribution in [-0.4, -0.2) is 17.9 Å². The van der Waals surface area contributed by atoms with Crippen molar-refractivity contribution in [1.29, 1.82) is 0 Å². The lowest BCUT2D eigenvalue weighted by Gasteiger charge is -2.07. The molecule has 0 atom stereocenters. The van der Waals surface area contributed by atoms with E-state index in [0.717, 1.165) is 16.9 Å². The average molecular weight is 256 g/mol. The number of Topliss-reactive ketones (excluding diaryl/α,β-unsaturated/α-hetero) is 1. The first kappa shape index (κ1) is 13.1. The molecule has 4 heteroatoms. The van der Waals surface area contributed by atoms with Gasteiger partial charge < -0.3 is 10.5 Å². The number of nitrogen functional groups attached to an aromatic ring is 1. The molecular weight excluding hydrogens is 240 g/mol. The highest BCUT2D eigenvalue weighted by Crippen LogP contribution is 2.19. The topological polar surface area (TPSA) is 65.2 Å². The molecule has 0 fully saturated rings. The standard InChI is InChI=1S/C15H16N2O2/c1-10-7-12(3-4-14(10)19-2)13(18)8-11-5-6-17-15(16)9-11/h3-7,9H,8H2,1-2H3,(H2,16,17). The van der Waals surface area contributed by atoms with Crippen molar-refractivity contribution in [2.75, 3.05) is 12.8 Å². The van der Waals surface area contributed by atoms with E-state index in [1.807, 2.05) is 19.1 Å². The average Bonchev–Trinajstić information content (AvgIpc) is 2.38. The van der Waals surface area contributed by atoms with Gasteiger partial charge in [-0.3, -0.25) is 4.79 Å². The van der Waals surface area contributed by atoms with Crippen LogP contribution in [0, 0.1) is 6.92 Å². The molecule has 0 spiro atoms. The molecule has 98 valence electrons. The van der Waals surface area contributed by atoms with Crippen LogP contribution in [0.15, 0.2) is 36.5 Å². The van der Waals surface area contributed by atoms with Crippen LogP contribution in [0.2, 0.25) is 0 Å². The van der Waals surface area contributed by atoms with Crippen molar-refractivity contribution in [2.24, 2.45) is 0 Å². The minimum absolute atomic E-state index is 0.0522. The number of ketones is 1. The zero-order valence-electron chi connectivity index (χ0n) is 11.0. The van der Waals surface area contributed by atoms with E-state index in [9.17, 15) is 4.79 Å². The molecule has 0 saturated heterocycles. The molecule has 0 unspecified atom stereocenters. The van der Waals surface area contributed by atoms with Crippen molar-refractivity contribution in [3.05, 3.63) is 53.2 Å². The summed E-state index contributed by atoms with van der Waals surface area (Å²) in [5.74, 6) is 1.26. The van der Waals surface area contributed by atoms with Crippen LogP contribution in [0.1, 0.15) is 21.5 Å². The van der Waals surface area contributed by atoms with E-state index in [1.54, 1.807) is 31.5 Å². The van der Waals surface area contributed by atoms with Crippen LogP contribution in [0.5, 0.6) is 5.75 Å². The predicted octanol–water partition coefficient (Wildman–Crippen LogP) is 2.41. The van der Waals surface area contributed by atoms with Gasteiger partial charge in [0.1, 0.15) is 11.6 Å². The summed E-state index contributed by atoms with van der Waals surface area (Å²) in [6.45, 7) is 1.92. The number of hydrogen-bond acceptors (Lipinski definition) is 4. The number of aromatic nitrogens is 1. The van der Waals surface area contributed by atoms with Crippen LogP contribution < -0.4 is 10.5 Å². The fraction of sp³-hybridized carbons (Fsp3) is 0.200. The molecule has 19 heavy (non-hydrogen) atoms. The predicted molar refractivity (Wildman–Crippen MR) is 74.4 cm³/mol. The number of nitrogens with zero attached hydrogens (tertiary/aromatic N) is 1. The van der Waals surface area contributed by atoms with E-state index >= 15 is 0 Å². The zero-order valence-corrected chi connectivity index (χ0v) is 11.0. The van der Waals surface area contributed by atoms with E-state index < -0.39 is 0 Å². The Balaban J connectivity index is 2.18. The lowest BCUT2D eigenvalue weighted by Crippen LogP contribution is -2.05. The van der Waals surface area contributed by atoms with Crippen molar-refractivity contribution >= 4 is 11.6 Å².